The number of benzene rings is 2. The first-order valence-electron chi connectivity index (χ1n) is 8.53. The van der Waals surface area contributed by atoms with Gasteiger partial charge in [0, 0.05) is 17.8 Å². The molecule has 3 aromatic rings. The average molecular weight is 338 g/mol. The molecular weight excluding hydrogens is 315 g/mol. The Morgan fingerprint density at radius 1 is 1.08 bits per heavy atom. The largest absolute Gasteiger partial charge is 0.496 e. The van der Waals surface area contributed by atoms with Gasteiger partial charge in [-0.15, -0.1) is 0 Å². The number of aromatic nitrogens is 2. The monoisotopic (exact) mass is 338 g/mol. The van der Waals surface area contributed by atoms with E-state index in [0.29, 0.717) is 5.56 Å². The lowest BCUT2D eigenvalue weighted by molar-refractivity contribution is 0.408. The third kappa shape index (κ3) is 3.58. The second kappa shape index (κ2) is 7.51. The van der Waals surface area contributed by atoms with Crippen molar-refractivity contribution in [2.45, 2.75) is 32.7 Å². The molecule has 0 aliphatic rings. The second-order valence-corrected chi connectivity index (χ2v) is 6.37. The van der Waals surface area contributed by atoms with E-state index >= 15 is 0 Å². The van der Waals surface area contributed by atoms with Crippen LogP contribution in [0.1, 0.15) is 31.0 Å². The van der Waals surface area contributed by atoms with E-state index in [2.05, 4.69) is 29.5 Å². The molecule has 130 valence electrons. The maximum atomic E-state index is 14.2. The van der Waals surface area contributed by atoms with Crippen LogP contribution in [0.5, 0.6) is 5.75 Å². The first kappa shape index (κ1) is 17.2. The van der Waals surface area contributed by atoms with E-state index < -0.39 is 0 Å². The SMILES string of the molecule is COc1ccccc1CCn1cnc(-c2ccccc2F)c1C(C)C. The van der Waals surface area contributed by atoms with Crippen LogP contribution < -0.4 is 4.74 Å². The third-order valence-corrected chi connectivity index (χ3v) is 4.37. The molecule has 25 heavy (non-hydrogen) atoms. The van der Waals surface area contributed by atoms with Gasteiger partial charge in [-0.3, -0.25) is 0 Å². The Morgan fingerprint density at radius 2 is 1.80 bits per heavy atom. The predicted octanol–water partition coefficient (Wildman–Crippen LogP) is 5.06. The number of hydrogen-bond donors (Lipinski definition) is 0. The van der Waals surface area contributed by atoms with E-state index in [4.69, 9.17) is 4.74 Å². The van der Waals surface area contributed by atoms with Gasteiger partial charge in [0.2, 0.25) is 0 Å². The van der Waals surface area contributed by atoms with Crippen LogP contribution in [0.3, 0.4) is 0 Å². The summed E-state index contributed by atoms with van der Waals surface area (Å²) in [6.45, 7) is 5.00. The summed E-state index contributed by atoms with van der Waals surface area (Å²) in [6.07, 6.45) is 2.64. The fraction of sp³-hybridized carbons (Fsp3) is 0.286. The van der Waals surface area contributed by atoms with Crippen LogP contribution >= 0.6 is 0 Å². The molecular formula is C21H23FN2O. The van der Waals surface area contributed by atoms with Gasteiger partial charge < -0.3 is 9.30 Å². The molecule has 0 aliphatic carbocycles. The molecule has 1 heterocycles. The van der Waals surface area contributed by atoms with Crippen molar-refractivity contribution in [1.82, 2.24) is 9.55 Å². The number of rotatable bonds is 6. The van der Waals surface area contributed by atoms with Crippen LogP contribution in [0.4, 0.5) is 4.39 Å². The highest BCUT2D eigenvalue weighted by molar-refractivity contribution is 5.63. The molecule has 0 spiro atoms. The Labute approximate surface area is 148 Å². The van der Waals surface area contributed by atoms with Crippen molar-refractivity contribution in [2.75, 3.05) is 7.11 Å². The fourth-order valence-electron chi connectivity index (χ4n) is 3.19. The zero-order chi connectivity index (χ0) is 17.8. The number of ether oxygens (including phenoxy) is 1. The van der Waals surface area contributed by atoms with Crippen molar-refractivity contribution in [3.8, 4) is 17.0 Å². The zero-order valence-electron chi connectivity index (χ0n) is 14.9. The van der Waals surface area contributed by atoms with Crippen molar-refractivity contribution < 1.29 is 9.13 Å². The van der Waals surface area contributed by atoms with Crippen molar-refractivity contribution in [1.29, 1.82) is 0 Å². The van der Waals surface area contributed by atoms with Crippen molar-refractivity contribution in [3.05, 3.63) is 71.9 Å². The van der Waals surface area contributed by atoms with Gasteiger partial charge in [0.25, 0.3) is 0 Å². The lowest BCUT2D eigenvalue weighted by Gasteiger charge is -2.14. The van der Waals surface area contributed by atoms with Crippen molar-refractivity contribution in [2.24, 2.45) is 0 Å². The number of halogens is 1. The lowest BCUT2D eigenvalue weighted by atomic mass is 10.0. The minimum absolute atomic E-state index is 0.237. The Hall–Kier alpha value is -2.62. The quantitative estimate of drug-likeness (QED) is 0.628. The molecule has 0 atom stereocenters. The maximum absolute atomic E-state index is 14.2. The predicted molar refractivity (Wildman–Crippen MR) is 98.4 cm³/mol. The van der Waals surface area contributed by atoms with Crippen LogP contribution in [0, 0.1) is 5.82 Å². The van der Waals surface area contributed by atoms with Gasteiger partial charge in [-0.25, -0.2) is 9.37 Å². The Bertz CT molecular complexity index is 855. The van der Waals surface area contributed by atoms with Crippen LogP contribution in [-0.4, -0.2) is 16.7 Å². The summed E-state index contributed by atoms with van der Waals surface area (Å²) in [5.74, 6) is 0.900. The highest BCUT2D eigenvalue weighted by atomic mass is 19.1. The maximum Gasteiger partial charge on any atom is 0.132 e. The van der Waals surface area contributed by atoms with Gasteiger partial charge in [-0.05, 0) is 36.1 Å². The second-order valence-electron chi connectivity index (χ2n) is 6.37. The molecule has 0 unspecified atom stereocenters. The summed E-state index contributed by atoms with van der Waals surface area (Å²) in [4.78, 5) is 4.52. The molecule has 0 aliphatic heterocycles. The number of imidazole rings is 1. The van der Waals surface area contributed by atoms with E-state index in [-0.39, 0.29) is 11.7 Å². The van der Waals surface area contributed by atoms with Gasteiger partial charge >= 0.3 is 0 Å². The minimum atomic E-state index is -0.237. The molecule has 0 amide bonds. The summed E-state index contributed by atoms with van der Waals surface area (Å²) in [5, 5.41) is 0. The van der Waals surface area contributed by atoms with Gasteiger partial charge in [0.05, 0.1) is 19.1 Å². The number of hydrogen-bond acceptors (Lipinski definition) is 2. The van der Waals surface area contributed by atoms with E-state index in [0.717, 1.165) is 35.7 Å². The fourth-order valence-corrected chi connectivity index (χ4v) is 3.19. The van der Waals surface area contributed by atoms with Crippen molar-refractivity contribution >= 4 is 0 Å². The molecule has 0 saturated carbocycles. The smallest absolute Gasteiger partial charge is 0.132 e. The molecule has 4 heteroatoms. The lowest BCUT2D eigenvalue weighted by Crippen LogP contribution is -2.07. The molecule has 0 bridgehead atoms. The van der Waals surface area contributed by atoms with E-state index in [1.54, 1.807) is 19.2 Å². The number of methoxy groups -OCH3 is 1. The molecule has 0 radical (unpaired) electrons. The molecule has 1 aromatic heterocycles. The standard InChI is InChI=1S/C21H23FN2O/c1-15(2)21-20(17-9-5-6-10-18(17)22)23-14-24(21)13-12-16-8-4-7-11-19(16)25-3/h4-11,14-15H,12-13H2,1-3H3. The number of para-hydroxylation sites is 1. The molecule has 3 rings (SSSR count). The first-order valence-corrected chi connectivity index (χ1v) is 8.53. The summed E-state index contributed by atoms with van der Waals surface area (Å²) in [7, 11) is 1.69. The third-order valence-electron chi connectivity index (χ3n) is 4.37. The normalized spacial score (nSPS) is 11.1. The van der Waals surface area contributed by atoms with Crippen LogP contribution in [0.25, 0.3) is 11.3 Å². The summed E-state index contributed by atoms with van der Waals surface area (Å²) < 4.78 is 21.8. The minimum Gasteiger partial charge on any atom is -0.496 e. The van der Waals surface area contributed by atoms with Gasteiger partial charge in [-0.1, -0.05) is 44.2 Å². The Kier molecular flexibility index (Phi) is 5.17. The topological polar surface area (TPSA) is 27.1 Å². The first-order chi connectivity index (χ1) is 12.1. The zero-order valence-corrected chi connectivity index (χ0v) is 14.9. The highest BCUT2D eigenvalue weighted by Crippen LogP contribution is 2.30. The van der Waals surface area contributed by atoms with Gasteiger partial charge in [-0.2, -0.15) is 0 Å². The van der Waals surface area contributed by atoms with Crippen LogP contribution in [-0.2, 0) is 13.0 Å². The van der Waals surface area contributed by atoms with Gasteiger partial charge in [0.1, 0.15) is 11.6 Å². The van der Waals surface area contributed by atoms with E-state index in [1.165, 1.54) is 6.07 Å². The average Bonchev–Trinajstić information content (AvgIpc) is 3.04. The molecule has 0 fully saturated rings. The number of nitrogens with zero attached hydrogens (tertiary/aromatic N) is 2. The Morgan fingerprint density at radius 3 is 2.52 bits per heavy atom. The molecule has 0 N–H and O–H groups in total. The molecule has 3 nitrogen and oxygen atoms in total. The Balaban J connectivity index is 1.91. The number of aryl methyl sites for hydroxylation is 2. The summed E-state index contributed by atoms with van der Waals surface area (Å²) >= 11 is 0. The van der Waals surface area contributed by atoms with Crippen LogP contribution in [0.15, 0.2) is 54.9 Å². The summed E-state index contributed by atoms with van der Waals surface area (Å²) in [5.41, 5.74) is 3.50. The van der Waals surface area contributed by atoms with E-state index in [1.807, 2.05) is 30.6 Å². The highest BCUT2D eigenvalue weighted by Gasteiger charge is 2.18. The summed E-state index contributed by atoms with van der Waals surface area (Å²) in [6, 6.07) is 14.8. The molecule has 2 aromatic carbocycles. The molecule has 0 saturated heterocycles. The van der Waals surface area contributed by atoms with Crippen molar-refractivity contribution in [3.63, 3.8) is 0 Å². The van der Waals surface area contributed by atoms with Gasteiger partial charge in [0.15, 0.2) is 0 Å². The van der Waals surface area contributed by atoms with E-state index in [9.17, 15) is 4.39 Å². The van der Waals surface area contributed by atoms with Crippen LogP contribution in [0.2, 0.25) is 0 Å².